The molecule has 0 spiro atoms. The fourth-order valence-corrected chi connectivity index (χ4v) is 3.62. The fourth-order valence-electron chi connectivity index (χ4n) is 3.62. The van der Waals surface area contributed by atoms with E-state index in [0.717, 1.165) is 28.2 Å². The third-order valence-corrected chi connectivity index (χ3v) is 5.19. The highest BCUT2D eigenvalue weighted by molar-refractivity contribution is 5.85. The van der Waals surface area contributed by atoms with Crippen LogP contribution in [0.3, 0.4) is 0 Å². The summed E-state index contributed by atoms with van der Waals surface area (Å²) in [5.41, 5.74) is 2.67. The van der Waals surface area contributed by atoms with Crippen molar-refractivity contribution in [2.24, 2.45) is 0 Å². The second-order valence-electron chi connectivity index (χ2n) is 7.44. The van der Waals surface area contributed by atoms with E-state index in [9.17, 15) is 9.59 Å². The van der Waals surface area contributed by atoms with Crippen molar-refractivity contribution >= 4 is 11.9 Å². The van der Waals surface area contributed by atoms with E-state index in [1.807, 2.05) is 78.9 Å². The number of esters is 1. The highest BCUT2D eigenvalue weighted by atomic mass is 16.6. The normalized spacial score (nSPS) is 12.3. The number of carbonyl (C=O) groups excluding carboxylic acids is 2. The van der Waals surface area contributed by atoms with Crippen LogP contribution < -0.4 is 14.8 Å². The summed E-state index contributed by atoms with van der Waals surface area (Å²) in [5.74, 6) is 0.0901. The molecule has 3 aromatic carbocycles. The van der Waals surface area contributed by atoms with Gasteiger partial charge in [-0.25, -0.2) is 0 Å². The average molecular weight is 431 g/mol. The minimum absolute atomic E-state index is 0.323. The summed E-state index contributed by atoms with van der Waals surface area (Å²) in [5, 5.41) is 2.80. The molecule has 0 saturated carbocycles. The molecule has 6 nitrogen and oxygen atoms in total. The van der Waals surface area contributed by atoms with Crippen LogP contribution in [-0.4, -0.2) is 38.2 Å². The molecule has 32 heavy (non-hydrogen) atoms. The number of nitrogens with one attached hydrogen (secondary N) is 1. The minimum Gasteiger partial charge on any atom is -0.486 e. The molecule has 0 aromatic heterocycles. The summed E-state index contributed by atoms with van der Waals surface area (Å²) in [7, 11) is 0. The van der Waals surface area contributed by atoms with Crippen molar-refractivity contribution in [1.82, 2.24) is 5.32 Å². The van der Waals surface area contributed by atoms with Crippen LogP contribution in [0.4, 0.5) is 0 Å². The molecule has 1 N–H and O–H groups in total. The number of hydrogen-bond donors (Lipinski definition) is 1. The van der Waals surface area contributed by atoms with Gasteiger partial charge in [0.15, 0.2) is 18.1 Å². The summed E-state index contributed by atoms with van der Waals surface area (Å²) in [6.07, 6.45) is 0.632. The first-order chi connectivity index (χ1) is 15.7. The third kappa shape index (κ3) is 5.46. The van der Waals surface area contributed by atoms with Gasteiger partial charge in [-0.3, -0.25) is 9.59 Å². The topological polar surface area (TPSA) is 73.9 Å². The van der Waals surface area contributed by atoms with Gasteiger partial charge in [-0.05, 0) is 35.2 Å². The van der Waals surface area contributed by atoms with Crippen LogP contribution in [0.2, 0.25) is 0 Å². The van der Waals surface area contributed by atoms with Crippen molar-refractivity contribution in [1.29, 1.82) is 0 Å². The van der Waals surface area contributed by atoms with Crippen LogP contribution in [0.5, 0.6) is 11.5 Å². The molecule has 0 atom stereocenters. The van der Waals surface area contributed by atoms with E-state index < -0.39 is 11.9 Å². The van der Waals surface area contributed by atoms with E-state index in [1.54, 1.807) is 0 Å². The van der Waals surface area contributed by atoms with E-state index in [4.69, 9.17) is 14.2 Å². The number of ether oxygens (including phenoxy) is 3. The molecule has 3 aromatic rings. The van der Waals surface area contributed by atoms with Gasteiger partial charge in [0.05, 0.1) is 0 Å². The molecule has 4 rings (SSSR count). The standard InChI is InChI=1S/C26H25NO5/c28-24(27-14-13-19-11-12-22-23(17-19)31-16-15-30-22)18-32-26(29)25(20-7-3-1-4-8-20)21-9-5-2-6-10-21/h1-12,17,25H,13-16,18H2,(H,27,28). The molecule has 1 heterocycles. The molecule has 0 bridgehead atoms. The highest BCUT2D eigenvalue weighted by Crippen LogP contribution is 2.30. The van der Waals surface area contributed by atoms with Crippen molar-refractivity contribution < 1.29 is 23.8 Å². The molecule has 1 amide bonds. The van der Waals surface area contributed by atoms with Gasteiger partial charge in [0.2, 0.25) is 0 Å². The summed E-state index contributed by atoms with van der Waals surface area (Å²) >= 11 is 0. The van der Waals surface area contributed by atoms with Gasteiger partial charge in [-0.2, -0.15) is 0 Å². The predicted molar refractivity (Wildman–Crippen MR) is 120 cm³/mol. The minimum atomic E-state index is -0.581. The second kappa shape index (κ2) is 10.5. The van der Waals surface area contributed by atoms with Gasteiger partial charge in [0.25, 0.3) is 5.91 Å². The van der Waals surface area contributed by atoms with E-state index in [2.05, 4.69) is 5.32 Å². The maximum absolute atomic E-state index is 12.9. The summed E-state index contributed by atoms with van der Waals surface area (Å²) in [6, 6.07) is 24.6. The Labute approximate surface area is 187 Å². The Kier molecular flexibility index (Phi) is 7.02. The molecule has 0 saturated heterocycles. The smallest absolute Gasteiger partial charge is 0.318 e. The molecule has 1 aliphatic rings. The SMILES string of the molecule is O=C(COC(=O)C(c1ccccc1)c1ccccc1)NCCc1ccc2c(c1)OCCO2. The van der Waals surface area contributed by atoms with Gasteiger partial charge in [-0.1, -0.05) is 66.7 Å². The molecular formula is C26H25NO5. The molecule has 164 valence electrons. The Bertz CT molecular complexity index is 1010. The molecule has 0 unspecified atom stereocenters. The molecule has 1 aliphatic heterocycles. The van der Waals surface area contributed by atoms with Crippen molar-refractivity contribution in [2.75, 3.05) is 26.4 Å². The molecular weight excluding hydrogens is 406 g/mol. The summed E-state index contributed by atoms with van der Waals surface area (Å²) in [4.78, 5) is 25.1. The van der Waals surface area contributed by atoms with Crippen molar-refractivity contribution in [3.8, 4) is 11.5 Å². The monoisotopic (exact) mass is 431 g/mol. The van der Waals surface area contributed by atoms with Gasteiger partial charge in [-0.15, -0.1) is 0 Å². The van der Waals surface area contributed by atoms with E-state index in [-0.39, 0.29) is 12.5 Å². The number of fused-ring (bicyclic) bond motifs is 1. The quantitative estimate of drug-likeness (QED) is 0.553. The molecule has 0 fully saturated rings. The molecule has 0 radical (unpaired) electrons. The third-order valence-electron chi connectivity index (χ3n) is 5.19. The zero-order chi connectivity index (χ0) is 22.2. The zero-order valence-electron chi connectivity index (χ0n) is 17.7. The first kappa shape index (κ1) is 21.4. The van der Waals surface area contributed by atoms with Crippen LogP contribution in [-0.2, 0) is 20.7 Å². The maximum atomic E-state index is 12.9. The van der Waals surface area contributed by atoms with Gasteiger partial charge >= 0.3 is 5.97 Å². The highest BCUT2D eigenvalue weighted by Gasteiger charge is 2.24. The zero-order valence-corrected chi connectivity index (χ0v) is 17.7. The second-order valence-corrected chi connectivity index (χ2v) is 7.44. The Morgan fingerprint density at radius 3 is 2.12 bits per heavy atom. The van der Waals surface area contributed by atoms with Gasteiger partial charge in [0.1, 0.15) is 19.1 Å². The van der Waals surface area contributed by atoms with Crippen molar-refractivity contribution in [3.63, 3.8) is 0 Å². The number of carbonyl (C=O) groups is 2. The lowest BCUT2D eigenvalue weighted by Crippen LogP contribution is -2.31. The van der Waals surface area contributed by atoms with Crippen molar-refractivity contribution in [3.05, 3.63) is 95.6 Å². The van der Waals surface area contributed by atoms with Crippen LogP contribution in [0.1, 0.15) is 22.6 Å². The van der Waals surface area contributed by atoms with E-state index in [0.29, 0.717) is 26.2 Å². The lowest BCUT2D eigenvalue weighted by molar-refractivity contribution is -0.149. The lowest BCUT2D eigenvalue weighted by Gasteiger charge is -2.19. The number of amides is 1. The average Bonchev–Trinajstić information content (AvgIpc) is 2.84. The van der Waals surface area contributed by atoms with Crippen LogP contribution >= 0.6 is 0 Å². The first-order valence-corrected chi connectivity index (χ1v) is 10.6. The predicted octanol–water partition coefficient (Wildman–Crippen LogP) is 3.49. The Morgan fingerprint density at radius 2 is 1.47 bits per heavy atom. The molecule has 0 aliphatic carbocycles. The summed E-state index contributed by atoms with van der Waals surface area (Å²) < 4.78 is 16.5. The number of rotatable bonds is 8. The number of hydrogen-bond acceptors (Lipinski definition) is 5. The van der Waals surface area contributed by atoms with E-state index in [1.165, 1.54) is 0 Å². The Balaban J connectivity index is 1.29. The Hall–Kier alpha value is -3.80. The first-order valence-electron chi connectivity index (χ1n) is 10.6. The van der Waals surface area contributed by atoms with Crippen LogP contribution in [0.15, 0.2) is 78.9 Å². The van der Waals surface area contributed by atoms with E-state index >= 15 is 0 Å². The maximum Gasteiger partial charge on any atom is 0.318 e. The van der Waals surface area contributed by atoms with Crippen molar-refractivity contribution in [2.45, 2.75) is 12.3 Å². The fraction of sp³-hybridized carbons (Fsp3) is 0.231. The molecule has 6 heteroatoms. The number of benzene rings is 3. The largest absolute Gasteiger partial charge is 0.486 e. The van der Waals surface area contributed by atoms with Gasteiger partial charge < -0.3 is 19.5 Å². The van der Waals surface area contributed by atoms with Crippen LogP contribution in [0.25, 0.3) is 0 Å². The van der Waals surface area contributed by atoms with Crippen LogP contribution in [0, 0.1) is 0 Å². The summed E-state index contributed by atoms with van der Waals surface area (Å²) in [6.45, 7) is 1.19. The lowest BCUT2D eigenvalue weighted by atomic mass is 9.91. The Morgan fingerprint density at radius 1 is 0.844 bits per heavy atom. The van der Waals surface area contributed by atoms with Gasteiger partial charge in [0, 0.05) is 6.54 Å².